The van der Waals surface area contributed by atoms with Gasteiger partial charge in [0.05, 0.1) is 17.8 Å². The van der Waals surface area contributed by atoms with Gasteiger partial charge < -0.3 is 20.1 Å². The molecule has 1 fully saturated rings. The number of thiocarbonyl (C=S) groups is 1. The highest BCUT2D eigenvalue weighted by Gasteiger charge is 2.41. The first-order valence-electron chi connectivity index (χ1n) is 11.8. The number of hydrogen-bond acceptors (Lipinski definition) is 3. The molecular formula is C28H26FN5OS. The molecule has 8 heteroatoms. The smallest absolute Gasteiger partial charge is 0.226 e. The van der Waals surface area contributed by atoms with Gasteiger partial charge in [0, 0.05) is 42.4 Å². The lowest BCUT2D eigenvalue weighted by atomic mass is 10.0. The van der Waals surface area contributed by atoms with Crippen LogP contribution in [0.3, 0.4) is 0 Å². The third-order valence-corrected chi connectivity index (χ3v) is 6.65. The van der Waals surface area contributed by atoms with Crippen molar-refractivity contribution in [1.82, 2.24) is 19.8 Å². The number of amides is 1. The Balaban J connectivity index is 1.43. The predicted octanol–water partition coefficient (Wildman–Crippen LogP) is 5.32. The molecule has 0 aliphatic carbocycles. The lowest BCUT2D eigenvalue weighted by Crippen LogP contribution is -2.33. The Morgan fingerprint density at radius 1 is 1.06 bits per heavy atom. The van der Waals surface area contributed by atoms with Crippen LogP contribution in [0.2, 0.25) is 0 Å². The van der Waals surface area contributed by atoms with Crippen LogP contribution < -0.4 is 10.6 Å². The van der Waals surface area contributed by atoms with Crippen molar-refractivity contribution < 1.29 is 9.18 Å². The van der Waals surface area contributed by atoms with E-state index in [2.05, 4.69) is 15.6 Å². The van der Waals surface area contributed by atoms with Gasteiger partial charge in [-0.2, -0.15) is 0 Å². The summed E-state index contributed by atoms with van der Waals surface area (Å²) in [5, 5.41) is 6.94. The van der Waals surface area contributed by atoms with E-state index >= 15 is 0 Å². The van der Waals surface area contributed by atoms with Crippen LogP contribution in [0.5, 0.6) is 0 Å². The third-order valence-electron chi connectivity index (χ3n) is 6.30. The van der Waals surface area contributed by atoms with E-state index in [-0.39, 0.29) is 30.2 Å². The number of carbonyl (C=O) groups is 1. The molecule has 36 heavy (non-hydrogen) atoms. The number of aromatic nitrogens is 2. The van der Waals surface area contributed by atoms with E-state index in [9.17, 15) is 9.18 Å². The van der Waals surface area contributed by atoms with Crippen molar-refractivity contribution in [1.29, 1.82) is 0 Å². The second kappa shape index (κ2) is 10.3. The summed E-state index contributed by atoms with van der Waals surface area (Å²) in [7, 11) is 0. The number of halogens is 1. The fourth-order valence-corrected chi connectivity index (χ4v) is 4.85. The first kappa shape index (κ1) is 23.7. The van der Waals surface area contributed by atoms with Gasteiger partial charge in [-0.15, -0.1) is 0 Å². The summed E-state index contributed by atoms with van der Waals surface area (Å²) in [6.45, 7) is 2.43. The highest BCUT2D eigenvalue weighted by atomic mass is 32.1. The average molecular weight is 500 g/mol. The van der Waals surface area contributed by atoms with Crippen LogP contribution in [0, 0.1) is 12.7 Å². The standard InChI is InChI=1S/C28H26FN5OS/c1-19-7-11-21(12-8-19)31-25(35)15-18-34-27(26(32-28(34)36)23-5-2-3-16-30-23)24-6-4-17-33(24)22-13-9-20(29)10-14-22/h2-14,16-17,26-27H,15,18H2,1H3,(H,31,35)(H,32,36)/t26-,27-/m0/s1. The Labute approximate surface area is 214 Å². The van der Waals surface area contributed by atoms with Crippen molar-refractivity contribution in [3.63, 3.8) is 0 Å². The molecule has 2 N–H and O–H groups in total. The van der Waals surface area contributed by atoms with Crippen molar-refractivity contribution >= 4 is 28.9 Å². The number of carbonyl (C=O) groups excluding carboxylic acids is 1. The van der Waals surface area contributed by atoms with Crippen molar-refractivity contribution in [3.8, 4) is 5.69 Å². The Kier molecular flexibility index (Phi) is 6.77. The SMILES string of the molecule is Cc1ccc(NC(=O)CCN2C(=S)N[C@@H](c3ccccn3)[C@@H]2c2cccn2-c2ccc(F)cc2)cc1. The van der Waals surface area contributed by atoms with E-state index in [1.54, 1.807) is 18.3 Å². The Bertz CT molecular complexity index is 1350. The van der Waals surface area contributed by atoms with Gasteiger partial charge in [-0.1, -0.05) is 23.8 Å². The van der Waals surface area contributed by atoms with Crippen LogP contribution in [0.1, 0.15) is 35.5 Å². The Morgan fingerprint density at radius 3 is 2.56 bits per heavy atom. The number of aryl methyl sites for hydroxylation is 1. The predicted molar refractivity (Wildman–Crippen MR) is 142 cm³/mol. The third kappa shape index (κ3) is 4.99. The van der Waals surface area contributed by atoms with Gasteiger partial charge in [0.25, 0.3) is 0 Å². The van der Waals surface area contributed by atoms with Crippen LogP contribution in [0.25, 0.3) is 5.69 Å². The Morgan fingerprint density at radius 2 is 1.83 bits per heavy atom. The normalized spacial score (nSPS) is 17.2. The van der Waals surface area contributed by atoms with Gasteiger partial charge in [0.2, 0.25) is 5.91 Å². The van der Waals surface area contributed by atoms with Crippen molar-refractivity contribution in [3.05, 3.63) is 114 Å². The van der Waals surface area contributed by atoms with Crippen molar-refractivity contribution in [2.24, 2.45) is 0 Å². The molecule has 1 amide bonds. The molecule has 0 saturated carbocycles. The van der Waals surface area contributed by atoms with Gasteiger partial charge >= 0.3 is 0 Å². The van der Waals surface area contributed by atoms with E-state index in [1.165, 1.54) is 12.1 Å². The van der Waals surface area contributed by atoms with E-state index in [1.807, 2.05) is 77.2 Å². The molecule has 1 aliphatic heterocycles. The van der Waals surface area contributed by atoms with Gasteiger partial charge in [-0.05, 0) is 79.8 Å². The molecule has 6 nitrogen and oxygen atoms in total. The number of hydrogen-bond donors (Lipinski definition) is 2. The number of nitrogens with zero attached hydrogens (tertiary/aromatic N) is 3. The fraction of sp³-hybridized carbons (Fsp3) is 0.179. The van der Waals surface area contributed by atoms with Gasteiger partial charge in [-0.25, -0.2) is 4.39 Å². The molecule has 2 aromatic heterocycles. The zero-order chi connectivity index (χ0) is 25.1. The van der Waals surface area contributed by atoms with Crippen molar-refractivity contribution in [2.75, 3.05) is 11.9 Å². The summed E-state index contributed by atoms with van der Waals surface area (Å²) in [5.41, 5.74) is 4.55. The minimum Gasteiger partial charge on any atom is -0.352 e. The van der Waals surface area contributed by atoms with E-state index < -0.39 is 0 Å². The zero-order valence-corrected chi connectivity index (χ0v) is 20.6. The van der Waals surface area contributed by atoms with Crippen molar-refractivity contribution in [2.45, 2.75) is 25.4 Å². The molecule has 0 bridgehead atoms. The number of benzene rings is 2. The number of pyridine rings is 1. The largest absolute Gasteiger partial charge is 0.352 e. The zero-order valence-electron chi connectivity index (χ0n) is 19.8. The molecule has 5 rings (SSSR count). The van der Waals surface area contributed by atoms with Crippen LogP contribution in [-0.2, 0) is 4.79 Å². The second-order valence-electron chi connectivity index (χ2n) is 8.76. The molecular weight excluding hydrogens is 473 g/mol. The highest BCUT2D eigenvalue weighted by Crippen LogP contribution is 2.39. The van der Waals surface area contributed by atoms with E-state index in [4.69, 9.17) is 12.2 Å². The fourth-order valence-electron chi connectivity index (χ4n) is 4.52. The molecule has 4 aromatic rings. The maximum atomic E-state index is 13.6. The average Bonchev–Trinajstić information content (AvgIpc) is 3.49. The highest BCUT2D eigenvalue weighted by molar-refractivity contribution is 7.80. The minimum atomic E-state index is -0.288. The first-order chi connectivity index (χ1) is 17.5. The molecule has 2 aromatic carbocycles. The van der Waals surface area contributed by atoms with Gasteiger partial charge in [0.15, 0.2) is 5.11 Å². The lowest BCUT2D eigenvalue weighted by molar-refractivity contribution is -0.116. The summed E-state index contributed by atoms with van der Waals surface area (Å²) in [5.74, 6) is -0.376. The summed E-state index contributed by atoms with van der Waals surface area (Å²) in [6.07, 6.45) is 3.97. The number of anilines is 1. The minimum absolute atomic E-state index is 0.0874. The second-order valence-corrected chi connectivity index (χ2v) is 9.15. The number of nitrogens with one attached hydrogen (secondary N) is 2. The molecule has 2 atom stereocenters. The summed E-state index contributed by atoms with van der Waals surface area (Å²) < 4.78 is 15.6. The monoisotopic (exact) mass is 499 g/mol. The first-order valence-corrected chi connectivity index (χ1v) is 12.2. The van der Waals surface area contributed by atoms with Gasteiger partial charge in [-0.3, -0.25) is 9.78 Å². The van der Waals surface area contributed by atoms with Crippen LogP contribution >= 0.6 is 12.2 Å². The molecule has 1 aliphatic rings. The molecule has 1 saturated heterocycles. The molecule has 0 spiro atoms. The maximum absolute atomic E-state index is 13.6. The molecule has 3 heterocycles. The van der Waals surface area contributed by atoms with E-state index in [0.717, 1.165) is 28.3 Å². The molecule has 182 valence electrons. The van der Waals surface area contributed by atoms with Crippen LogP contribution in [0.15, 0.2) is 91.3 Å². The molecule has 0 unspecified atom stereocenters. The quantitative estimate of drug-likeness (QED) is 0.337. The maximum Gasteiger partial charge on any atom is 0.226 e. The Hall–Kier alpha value is -4.04. The summed E-state index contributed by atoms with van der Waals surface area (Å²) >= 11 is 5.74. The summed E-state index contributed by atoms with van der Waals surface area (Å²) in [6, 6.07) is 23.4. The van der Waals surface area contributed by atoms with Gasteiger partial charge in [0.1, 0.15) is 5.82 Å². The number of rotatable bonds is 7. The lowest BCUT2D eigenvalue weighted by Gasteiger charge is -2.28. The topological polar surface area (TPSA) is 62.2 Å². The van der Waals surface area contributed by atoms with Crippen LogP contribution in [0.4, 0.5) is 10.1 Å². The summed E-state index contributed by atoms with van der Waals surface area (Å²) in [4.78, 5) is 19.4. The molecule has 0 radical (unpaired) electrons. The van der Waals surface area contributed by atoms with E-state index in [0.29, 0.717) is 11.7 Å². The van der Waals surface area contributed by atoms with Crippen LogP contribution in [-0.4, -0.2) is 32.0 Å².